The van der Waals surface area contributed by atoms with E-state index in [1.54, 1.807) is 0 Å². The van der Waals surface area contributed by atoms with Crippen molar-refractivity contribution >= 4 is 17.5 Å². The highest BCUT2D eigenvalue weighted by atomic mass is 19.3. The van der Waals surface area contributed by atoms with Crippen molar-refractivity contribution in [2.24, 2.45) is 0 Å². The maximum Gasteiger partial charge on any atom is 0.387 e. The van der Waals surface area contributed by atoms with Gasteiger partial charge in [-0.25, -0.2) is 13.2 Å². The van der Waals surface area contributed by atoms with E-state index in [4.69, 9.17) is 4.74 Å². The number of carbonyl (C=O) groups excluding carboxylic acids is 2. The number of benzene rings is 2. The smallest absolute Gasteiger partial charge is 0.387 e. The highest BCUT2D eigenvalue weighted by molar-refractivity contribution is 6.05. The Balaban J connectivity index is 1.72. The molecule has 1 N–H and O–H groups in total. The van der Waals surface area contributed by atoms with Crippen LogP contribution in [0.2, 0.25) is 0 Å². The third-order valence-corrected chi connectivity index (χ3v) is 6.50. The van der Waals surface area contributed by atoms with Gasteiger partial charge in [-0.1, -0.05) is 6.07 Å². The number of anilines is 1. The number of methoxy groups -OCH3 is 1. The van der Waals surface area contributed by atoms with Gasteiger partial charge in [0.05, 0.1) is 13.7 Å². The van der Waals surface area contributed by atoms with Crippen LogP contribution in [0.25, 0.3) is 0 Å². The lowest BCUT2D eigenvalue weighted by atomic mass is 9.93. The summed E-state index contributed by atoms with van der Waals surface area (Å²) in [5, 5.41) is 2.55. The van der Waals surface area contributed by atoms with Gasteiger partial charge in [-0.2, -0.15) is 8.78 Å². The fraction of sp³-hybridized carbons (Fsp3) is 0.296. The molecule has 0 bridgehead atoms. The Kier molecular flexibility index (Phi) is 8.40. The minimum absolute atomic E-state index is 0.00278. The first-order valence-corrected chi connectivity index (χ1v) is 12.0. The molecule has 1 aliphatic rings. The number of pyridine rings is 1. The predicted octanol–water partition coefficient (Wildman–Crippen LogP) is 4.10. The SMILES string of the molecule is COc1ccc([C@@H]2CN(c3c(C)ccn(CC(F)F)c3=O)C(=O)C2NC(=O)c2ccc(OC(F)F)cc2)c(F)c1. The highest BCUT2D eigenvalue weighted by Crippen LogP contribution is 2.35. The zero-order valence-electron chi connectivity index (χ0n) is 21.2. The van der Waals surface area contributed by atoms with Crippen LogP contribution in [0.1, 0.15) is 27.4 Å². The molecule has 2 aromatic carbocycles. The van der Waals surface area contributed by atoms with Crippen LogP contribution in [-0.2, 0) is 11.3 Å². The number of hydrogen-bond acceptors (Lipinski definition) is 5. The monoisotopic (exact) mass is 565 g/mol. The van der Waals surface area contributed by atoms with E-state index in [0.29, 0.717) is 5.56 Å². The minimum Gasteiger partial charge on any atom is -0.497 e. The van der Waals surface area contributed by atoms with Crippen LogP contribution in [0.5, 0.6) is 11.5 Å². The summed E-state index contributed by atoms with van der Waals surface area (Å²) in [4.78, 5) is 40.9. The van der Waals surface area contributed by atoms with Crippen molar-refractivity contribution in [3.63, 3.8) is 0 Å². The molecule has 3 aromatic rings. The normalized spacial score (nSPS) is 17.0. The van der Waals surface area contributed by atoms with Crippen LogP contribution in [0, 0.1) is 12.7 Å². The Morgan fingerprint density at radius 2 is 1.73 bits per heavy atom. The lowest BCUT2D eigenvalue weighted by molar-refractivity contribution is -0.118. The van der Waals surface area contributed by atoms with Crippen LogP contribution in [0.15, 0.2) is 59.5 Å². The lowest BCUT2D eigenvalue weighted by Gasteiger charge is -2.20. The zero-order chi connectivity index (χ0) is 29.1. The molecule has 1 aliphatic heterocycles. The molecular weight excluding hydrogens is 541 g/mol. The molecule has 8 nitrogen and oxygen atoms in total. The summed E-state index contributed by atoms with van der Waals surface area (Å²) in [6, 6.07) is 8.70. The molecule has 0 aliphatic carbocycles. The summed E-state index contributed by atoms with van der Waals surface area (Å²) in [5.41, 5.74) is -0.651. The molecule has 1 unspecified atom stereocenters. The fourth-order valence-electron chi connectivity index (χ4n) is 4.60. The predicted molar refractivity (Wildman–Crippen MR) is 134 cm³/mol. The number of hydrogen-bond donors (Lipinski definition) is 1. The highest BCUT2D eigenvalue weighted by Gasteiger charge is 2.45. The van der Waals surface area contributed by atoms with Gasteiger partial charge in [-0.3, -0.25) is 14.4 Å². The number of carbonyl (C=O) groups is 2. The summed E-state index contributed by atoms with van der Waals surface area (Å²) in [6.45, 7) is -2.68. The molecule has 212 valence electrons. The van der Waals surface area contributed by atoms with E-state index in [9.17, 15) is 31.9 Å². The van der Waals surface area contributed by atoms with Gasteiger partial charge in [0, 0.05) is 30.3 Å². The number of rotatable bonds is 9. The molecule has 1 aromatic heterocycles. The van der Waals surface area contributed by atoms with Gasteiger partial charge in [0.2, 0.25) is 5.91 Å². The van der Waals surface area contributed by atoms with E-state index < -0.39 is 54.7 Å². The number of halogens is 5. The van der Waals surface area contributed by atoms with E-state index in [2.05, 4.69) is 10.1 Å². The molecule has 4 rings (SSSR count). The largest absolute Gasteiger partial charge is 0.497 e. The Bertz CT molecular complexity index is 1460. The topological polar surface area (TPSA) is 89.9 Å². The summed E-state index contributed by atoms with van der Waals surface area (Å²) >= 11 is 0. The number of aryl methyl sites for hydroxylation is 1. The average Bonchev–Trinajstić information content (AvgIpc) is 3.20. The first kappa shape index (κ1) is 28.6. The van der Waals surface area contributed by atoms with Gasteiger partial charge < -0.3 is 24.3 Å². The van der Waals surface area contributed by atoms with E-state index in [-0.39, 0.29) is 34.9 Å². The van der Waals surface area contributed by atoms with Crippen LogP contribution >= 0.6 is 0 Å². The van der Waals surface area contributed by atoms with Crippen LogP contribution < -0.4 is 25.2 Å². The van der Waals surface area contributed by atoms with Gasteiger partial charge in [0.25, 0.3) is 17.9 Å². The molecule has 2 amide bonds. The van der Waals surface area contributed by atoms with Gasteiger partial charge >= 0.3 is 6.61 Å². The average molecular weight is 565 g/mol. The molecular formula is C27H24F5N3O5. The number of aromatic nitrogens is 1. The first-order chi connectivity index (χ1) is 19.0. The number of alkyl halides is 4. The zero-order valence-corrected chi connectivity index (χ0v) is 21.2. The molecule has 1 fully saturated rings. The summed E-state index contributed by atoms with van der Waals surface area (Å²) < 4.78 is 76.2. The molecule has 0 radical (unpaired) electrons. The minimum atomic E-state index is -3.06. The standard InChI is InChI=1S/C27H24F5N3O5/c1-14-9-10-34(13-21(29)30)26(38)23(14)35-12-19(18-8-7-17(39-2)11-20(18)28)22(25(35)37)33-24(36)15-3-5-16(6-4-15)40-27(31)32/h3-11,19,21-22,27H,12-13H2,1-2H3,(H,33,36)/t19-,22?/m0/s1. The first-order valence-electron chi connectivity index (χ1n) is 12.0. The Morgan fingerprint density at radius 1 is 1.05 bits per heavy atom. The number of nitrogens with zero attached hydrogens (tertiary/aromatic N) is 2. The molecule has 2 atom stereocenters. The fourth-order valence-corrected chi connectivity index (χ4v) is 4.60. The molecule has 1 saturated heterocycles. The van der Waals surface area contributed by atoms with Gasteiger partial charge in [-0.05, 0) is 54.4 Å². The van der Waals surface area contributed by atoms with Crippen LogP contribution in [0.3, 0.4) is 0 Å². The van der Waals surface area contributed by atoms with Crippen molar-refractivity contribution < 1.29 is 41.0 Å². The van der Waals surface area contributed by atoms with Gasteiger partial charge in [0.1, 0.15) is 29.0 Å². The second-order valence-electron chi connectivity index (χ2n) is 8.99. The summed E-state index contributed by atoms with van der Waals surface area (Å²) in [5.74, 6) is -3.24. The Labute approximate surface area is 224 Å². The van der Waals surface area contributed by atoms with Crippen LogP contribution in [-0.4, -0.2) is 49.1 Å². The van der Waals surface area contributed by atoms with Crippen molar-refractivity contribution in [1.82, 2.24) is 9.88 Å². The van der Waals surface area contributed by atoms with E-state index >= 15 is 4.39 Å². The van der Waals surface area contributed by atoms with E-state index in [0.717, 1.165) is 27.7 Å². The van der Waals surface area contributed by atoms with E-state index in [1.807, 2.05) is 0 Å². The lowest BCUT2D eigenvalue weighted by Crippen LogP contribution is -2.44. The Morgan fingerprint density at radius 3 is 2.33 bits per heavy atom. The van der Waals surface area contributed by atoms with Crippen LogP contribution in [0.4, 0.5) is 27.6 Å². The second kappa shape index (κ2) is 11.8. The van der Waals surface area contributed by atoms with Crippen molar-refractivity contribution in [1.29, 1.82) is 0 Å². The van der Waals surface area contributed by atoms with E-state index in [1.165, 1.54) is 50.6 Å². The molecule has 0 saturated carbocycles. The van der Waals surface area contributed by atoms with Crippen molar-refractivity contribution in [2.75, 3.05) is 18.6 Å². The van der Waals surface area contributed by atoms with Gasteiger partial charge in [-0.15, -0.1) is 0 Å². The molecule has 0 spiro atoms. The number of nitrogens with one attached hydrogen (secondary N) is 1. The maximum atomic E-state index is 15.1. The second-order valence-corrected chi connectivity index (χ2v) is 8.99. The van der Waals surface area contributed by atoms with Crippen molar-refractivity contribution in [2.45, 2.75) is 38.5 Å². The summed E-state index contributed by atoms with van der Waals surface area (Å²) in [6.07, 6.45) is -1.64. The third kappa shape index (κ3) is 5.92. The van der Waals surface area contributed by atoms with Crippen molar-refractivity contribution in [3.8, 4) is 11.5 Å². The molecule has 2 heterocycles. The Hall–Kier alpha value is -4.42. The number of amides is 2. The quantitative estimate of drug-likeness (QED) is 0.395. The molecule has 13 heteroatoms. The molecule has 40 heavy (non-hydrogen) atoms. The summed E-state index contributed by atoms with van der Waals surface area (Å²) in [7, 11) is 1.35. The van der Waals surface area contributed by atoms with Crippen molar-refractivity contribution in [3.05, 3.63) is 87.6 Å². The third-order valence-electron chi connectivity index (χ3n) is 6.50. The number of ether oxygens (including phenoxy) is 2. The van der Waals surface area contributed by atoms with Gasteiger partial charge in [0.15, 0.2) is 0 Å². The maximum absolute atomic E-state index is 15.1.